The number of nitrogens with one attached hydrogen (secondary N) is 2. The fourth-order valence-electron chi connectivity index (χ4n) is 2.34. The first-order valence-electron chi connectivity index (χ1n) is 9.37. The standard InChI is InChI=1S/C20H32FN3O2/c1-6-22-19(23-13-20(3,4)25-5)24-14(2)16-9-10-18(17(21)11-16)26-12-15-7-8-15/h9-11,14-15H,6-8,12-13H2,1-5H3,(H2,22,23,24). The number of guanidine groups is 1. The van der Waals surface area contributed by atoms with Gasteiger partial charge in [0.25, 0.3) is 0 Å². The average molecular weight is 365 g/mol. The van der Waals surface area contributed by atoms with Crippen LogP contribution in [0.25, 0.3) is 0 Å². The topological polar surface area (TPSA) is 54.9 Å². The van der Waals surface area contributed by atoms with E-state index in [1.54, 1.807) is 13.2 Å². The van der Waals surface area contributed by atoms with E-state index < -0.39 is 0 Å². The molecule has 26 heavy (non-hydrogen) atoms. The van der Waals surface area contributed by atoms with Gasteiger partial charge in [0, 0.05) is 13.7 Å². The number of methoxy groups -OCH3 is 1. The number of aliphatic imine (C=N–C) groups is 1. The number of hydrogen-bond acceptors (Lipinski definition) is 3. The van der Waals surface area contributed by atoms with Gasteiger partial charge >= 0.3 is 0 Å². The van der Waals surface area contributed by atoms with Gasteiger partial charge in [0.1, 0.15) is 0 Å². The Kier molecular flexibility index (Phi) is 7.26. The molecule has 0 aromatic heterocycles. The van der Waals surface area contributed by atoms with Crippen molar-refractivity contribution in [2.45, 2.75) is 52.2 Å². The molecule has 0 spiro atoms. The van der Waals surface area contributed by atoms with E-state index in [0.717, 1.165) is 12.1 Å². The van der Waals surface area contributed by atoms with Gasteiger partial charge in [0.05, 0.1) is 24.8 Å². The first-order valence-corrected chi connectivity index (χ1v) is 9.37. The number of benzene rings is 1. The molecule has 1 unspecified atom stereocenters. The largest absolute Gasteiger partial charge is 0.490 e. The van der Waals surface area contributed by atoms with Crippen LogP contribution < -0.4 is 15.4 Å². The predicted octanol–water partition coefficient (Wildman–Crippen LogP) is 3.66. The van der Waals surface area contributed by atoms with Gasteiger partial charge < -0.3 is 20.1 Å². The van der Waals surface area contributed by atoms with Gasteiger partial charge in [0.2, 0.25) is 0 Å². The van der Waals surface area contributed by atoms with E-state index in [4.69, 9.17) is 9.47 Å². The summed E-state index contributed by atoms with van der Waals surface area (Å²) in [5.41, 5.74) is 0.510. The Morgan fingerprint density at radius 1 is 1.38 bits per heavy atom. The minimum Gasteiger partial charge on any atom is -0.490 e. The minimum atomic E-state index is -0.335. The van der Waals surface area contributed by atoms with E-state index in [0.29, 0.717) is 30.8 Å². The molecule has 0 bridgehead atoms. The molecule has 0 heterocycles. The molecule has 1 fully saturated rings. The van der Waals surface area contributed by atoms with Crippen LogP contribution in [0.3, 0.4) is 0 Å². The van der Waals surface area contributed by atoms with E-state index in [9.17, 15) is 4.39 Å². The lowest BCUT2D eigenvalue weighted by molar-refractivity contribution is 0.0310. The summed E-state index contributed by atoms with van der Waals surface area (Å²) in [6.45, 7) is 9.83. The molecule has 1 aromatic carbocycles. The van der Waals surface area contributed by atoms with E-state index in [2.05, 4.69) is 15.6 Å². The van der Waals surface area contributed by atoms with Gasteiger partial charge in [0.15, 0.2) is 17.5 Å². The monoisotopic (exact) mass is 365 g/mol. The number of hydrogen-bond donors (Lipinski definition) is 2. The fourth-order valence-corrected chi connectivity index (χ4v) is 2.34. The molecule has 0 aliphatic heterocycles. The van der Waals surface area contributed by atoms with Crippen LogP contribution in [-0.4, -0.2) is 38.4 Å². The van der Waals surface area contributed by atoms with Crippen LogP contribution >= 0.6 is 0 Å². The Morgan fingerprint density at radius 3 is 2.69 bits per heavy atom. The summed E-state index contributed by atoms with van der Waals surface area (Å²) >= 11 is 0. The van der Waals surface area contributed by atoms with Gasteiger partial charge in [-0.25, -0.2) is 4.39 Å². The van der Waals surface area contributed by atoms with Crippen LogP contribution in [0.2, 0.25) is 0 Å². The van der Waals surface area contributed by atoms with Crippen molar-refractivity contribution in [2.24, 2.45) is 10.9 Å². The van der Waals surface area contributed by atoms with Crippen LogP contribution in [0.5, 0.6) is 5.75 Å². The normalized spacial score (nSPS) is 16.3. The van der Waals surface area contributed by atoms with E-state index in [1.807, 2.05) is 33.8 Å². The van der Waals surface area contributed by atoms with Crippen LogP contribution in [-0.2, 0) is 4.74 Å². The van der Waals surface area contributed by atoms with Gasteiger partial charge in [-0.3, -0.25) is 4.99 Å². The number of ether oxygens (including phenoxy) is 2. The van der Waals surface area contributed by atoms with Crippen molar-refractivity contribution in [2.75, 3.05) is 26.8 Å². The van der Waals surface area contributed by atoms with E-state index in [1.165, 1.54) is 18.9 Å². The smallest absolute Gasteiger partial charge is 0.191 e. The second-order valence-corrected chi connectivity index (χ2v) is 7.47. The zero-order valence-electron chi connectivity index (χ0n) is 16.6. The molecule has 2 rings (SSSR count). The molecule has 1 atom stereocenters. The van der Waals surface area contributed by atoms with Crippen molar-refractivity contribution < 1.29 is 13.9 Å². The van der Waals surface area contributed by atoms with Crippen LogP contribution in [0.15, 0.2) is 23.2 Å². The highest BCUT2D eigenvalue weighted by molar-refractivity contribution is 5.80. The summed E-state index contributed by atoms with van der Waals surface area (Å²) in [6.07, 6.45) is 2.38. The second kappa shape index (κ2) is 9.21. The molecule has 0 radical (unpaired) electrons. The van der Waals surface area contributed by atoms with Crippen molar-refractivity contribution in [1.82, 2.24) is 10.6 Å². The Balaban J connectivity index is 1.99. The van der Waals surface area contributed by atoms with E-state index >= 15 is 0 Å². The molecule has 1 aliphatic rings. The van der Waals surface area contributed by atoms with Gasteiger partial charge in [-0.05, 0) is 64.2 Å². The fraction of sp³-hybridized carbons (Fsp3) is 0.650. The Hall–Kier alpha value is -1.82. The summed E-state index contributed by atoms with van der Waals surface area (Å²) in [4.78, 5) is 4.57. The number of rotatable bonds is 9. The molecule has 6 heteroatoms. The quantitative estimate of drug-likeness (QED) is 0.518. The highest BCUT2D eigenvalue weighted by atomic mass is 19.1. The molecule has 0 amide bonds. The third-order valence-corrected chi connectivity index (χ3v) is 4.50. The predicted molar refractivity (Wildman–Crippen MR) is 103 cm³/mol. The molecule has 1 aromatic rings. The third-order valence-electron chi connectivity index (χ3n) is 4.50. The van der Waals surface area contributed by atoms with Crippen molar-refractivity contribution in [1.29, 1.82) is 0 Å². The molecular weight excluding hydrogens is 333 g/mol. The Bertz CT molecular complexity index is 615. The molecule has 146 valence electrons. The SMILES string of the molecule is CCNC(=NCC(C)(C)OC)NC(C)c1ccc(OCC2CC2)c(F)c1. The minimum absolute atomic E-state index is 0.0922. The third kappa shape index (κ3) is 6.48. The maximum atomic E-state index is 14.3. The molecular formula is C20H32FN3O2. The van der Waals surface area contributed by atoms with Crippen molar-refractivity contribution in [3.63, 3.8) is 0 Å². The summed E-state index contributed by atoms with van der Waals surface area (Å²) in [5, 5.41) is 6.52. The maximum absolute atomic E-state index is 14.3. The van der Waals surface area contributed by atoms with Crippen molar-refractivity contribution in [3.8, 4) is 5.75 Å². The summed E-state index contributed by atoms with van der Waals surface area (Å²) in [7, 11) is 1.67. The molecule has 5 nitrogen and oxygen atoms in total. The highest BCUT2D eigenvalue weighted by Crippen LogP contribution is 2.30. The zero-order valence-corrected chi connectivity index (χ0v) is 16.6. The lowest BCUT2D eigenvalue weighted by atomic mass is 10.1. The maximum Gasteiger partial charge on any atom is 0.191 e. The van der Waals surface area contributed by atoms with Crippen molar-refractivity contribution in [3.05, 3.63) is 29.6 Å². The summed E-state index contributed by atoms with van der Waals surface area (Å²) in [6, 6.07) is 5.04. The second-order valence-electron chi connectivity index (χ2n) is 7.47. The van der Waals surface area contributed by atoms with Gasteiger partial charge in [-0.1, -0.05) is 6.07 Å². The Labute approximate surface area is 156 Å². The van der Waals surface area contributed by atoms with Crippen molar-refractivity contribution >= 4 is 5.96 Å². The number of nitrogens with zero attached hydrogens (tertiary/aromatic N) is 1. The molecule has 1 saturated carbocycles. The summed E-state index contributed by atoms with van der Waals surface area (Å²) < 4.78 is 25.3. The van der Waals surface area contributed by atoms with Gasteiger partial charge in [-0.2, -0.15) is 0 Å². The highest BCUT2D eigenvalue weighted by Gasteiger charge is 2.22. The van der Waals surface area contributed by atoms with Gasteiger partial charge in [-0.15, -0.1) is 0 Å². The first-order chi connectivity index (χ1) is 12.3. The molecule has 0 saturated heterocycles. The molecule has 1 aliphatic carbocycles. The lowest BCUT2D eigenvalue weighted by Crippen LogP contribution is -2.40. The number of halogens is 1. The van der Waals surface area contributed by atoms with Crippen LogP contribution in [0, 0.1) is 11.7 Å². The summed E-state index contributed by atoms with van der Waals surface area (Å²) in [5.74, 6) is 1.29. The van der Waals surface area contributed by atoms with Crippen LogP contribution in [0.4, 0.5) is 4.39 Å². The molecule has 2 N–H and O–H groups in total. The first kappa shape index (κ1) is 20.5. The lowest BCUT2D eigenvalue weighted by Gasteiger charge is -2.23. The van der Waals surface area contributed by atoms with Crippen LogP contribution in [0.1, 0.15) is 52.1 Å². The Morgan fingerprint density at radius 2 is 2.12 bits per heavy atom. The average Bonchev–Trinajstić information content (AvgIpc) is 3.43. The zero-order chi connectivity index (χ0) is 19.2. The van der Waals surface area contributed by atoms with E-state index in [-0.39, 0.29) is 17.5 Å².